The summed E-state index contributed by atoms with van der Waals surface area (Å²) in [7, 11) is -3.46. The molecule has 3 aliphatic heterocycles. The van der Waals surface area contributed by atoms with Crippen LogP contribution in [0.1, 0.15) is 69.4 Å². The van der Waals surface area contributed by atoms with Crippen molar-refractivity contribution in [3.63, 3.8) is 0 Å². The van der Waals surface area contributed by atoms with Gasteiger partial charge >= 0.3 is 0 Å². The van der Waals surface area contributed by atoms with Gasteiger partial charge in [0.1, 0.15) is 0 Å². The first-order chi connectivity index (χ1) is 15.2. The molecule has 2 bridgehead atoms. The molecule has 1 N–H and O–H groups in total. The van der Waals surface area contributed by atoms with Gasteiger partial charge < -0.3 is 14.4 Å². The predicted molar refractivity (Wildman–Crippen MR) is 121 cm³/mol. The molecule has 0 aromatic carbocycles. The van der Waals surface area contributed by atoms with Gasteiger partial charge in [0.25, 0.3) is 5.91 Å². The SMILES string of the molecule is Cc1cnc2c(c1)C1CCC(CC1)OCC1[C@@H](NS(=O)(=O)C(C)C)CCCN1C(=O)CO2. The number of piperidine rings is 1. The molecular formula is C23H35N3O5S. The summed E-state index contributed by atoms with van der Waals surface area (Å²) in [6.45, 7) is 6.12. The molecule has 1 aromatic rings. The molecule has 9 heteroatoms. The van der Waals surface area contributed by atoms with E-state index in [1.807, 2.05) is 6.92 Å². The maximum Gasteiger partial charge on any atom is 0.260 e. The zero-order chi connectivity index (χ0) is 22.9. The number of aryl methyl sites for hydroxylation is 1. The van der Waals surface area contributed by atoms with Crippen molar-refractivity contribution in [2.75, 3.05) is 19.8 Å². The van der Waals surface area contributed by atoms with Gasteiger partial charge in [-0.2, -0.15) is 0 Å². The normalized spacial score (nSPS) is 29.4. The summed E-state index contributed by atoms with van der Waals surface area (Å²) in [5.74, 6) is 0.728. The van der Waals surface area contributed by atoms with Gasteiger partial charge in [0.15, 0.2) is 6.61 Å². The van der Waals surface area contributed by atoms with Gasteiger partial charge in [-0.3, -0.25) is 4.79 Å². The van der Waals surface area contributed by atoms with Crippen LogP contribution in [-0.4, -0.2) is 67.4 Å². The molecule has 4 heterocycles. The monoisotopic (exact) mass is 465 g/mol. The maximum absolute atomic E-state index is 13.2. The van der Waals surface area contributed by atoms with Crippen LogP contribution in [0.3, 0.4) is 0 Å². The number of hydrogen-bond donors (Lipinski definition) is 1. The summed E-state index contributed by atoms with van der Waals surface area (Å²) in [5, 5.41) is -0.533. The molecule has 1 saturated carbocycles. The molecule has 1 saturated heterocycles. The smallest absolute Gasteiger partial charge is 0.260 e. The lowest BCUT2D eigenvalue weighted by Crippen LogP contribution is -2.60. The van der Waals surface area contributed by atoms with Gasteiger partial charge in [0.2, 0.25) is 15.9 Å². The summed E-state index contributed by atoms with van der Waals surface area (Å²) in [6, 6.07) is 1.41. The minimum absolute atomic E-state index is 0.112. The summed E-state index contributed by atoms with van der Waals surface area (Å²) >= 11 is 0. The average molecular weight is 466 g/mol. The van der Waals surface area contributed by atoms with Crippen molar-refractivity contribution >= 4 is 15.9 Å². The molecule has 2 fully saturated rings. The lowest BCUT2D eigenvalue weighted by atomic mass is 9.82. The quantitative estimate of drug-likeness (QED) is 0.737. The van der Waals surface area contributed by atoms with Crippen LogP contribution in [0.5, 0.6) is 5.88 Å². The fraction of sp³-hybridized carbons (Fsp3) is 0.739. The first-order valence-electron chi connectivity index (χ1n) is 11.8. The van der Waals surface area contributed by atoms with Crippen molar-refractivity contribution in [1.82, 2.24) is 14.6 Å². The van der Waals surface area contributed by atoms with Gasteiger partial charge in [-0.05, 0) is 76.8 Å². The van der Waals surface area contributed by atoms with E-state index in [2.05, 4.69) is 15.8 Å². The molecule has 5 rings (SSSR count). The highest BCUT2D eigenvalue weighted by Gasteiger charge is 2.38. The molecule has 2 atom stereocenters. The number of rotatable bonds is 3. The number of carbonyl (C=O) groups is 1. The van der Waals surface area contributed by atoms with Crippen LogP contribution in [0.4, 0.5) is 0 Å². The summed E-state index contributed by atoms with van der Waals surface area (Å²) in [6.07, 6.45) is 7.14. The topological polar surface area (TPSA) is 97.8 Å². The van der Waals surface area contributed by atoms with Gasteiger partial charge in [-0.25, -0.2) is 18.1 Å². The lowest BCUT2D eigenvalue weighted by molar-refractivity contribution is -0.140. The number of sulfonamides is 1. The van der Waals surface area contributed by atoms with Crippen molar-refractivity contribution in [3.8, 4) is 5.88 Å². The molecule has 178 valence electrons. The Kier molecular flexibility index (Phi) is 7.07. The highest BCUT2D eigenvalue weighted by molar-refractivity contribution is 7.90. The van der Waals surface area contributed by atoms with Crippen LogP contribution < -0.4 is 9.46 Å². The number of ether oxygens (including phenoxy) is 2. The molecule has 1 aromatic heterocycles. The van der Waals surface area contributed by atoms with E-state index < -0.39 is 15.3 Å². The third kappa shape index (κ3) is 5.10. The second-order valence-corrected chi connectivity index (χ2v) is 11.9. The van der Waals surface area contributed by atoms with Crippen LogP contribution in [0, 0.1) is 6.92 Å². The van der Waals surface area contributed by atoms with Crippen LogP contribution in [0.25, 0.3) is 0 Å². The Morgan fingerprint density at radius 1 is 1.19 bits per heavy atom. The number of nitrogens with one attached hydrogen (secondary N) is 1. The molecular weight excluding hydrogens is 430 g/mol. The molecule has 0 spiro atoms. The molecule has 1 unspecified atom stereocenters. The van der Waals surface area contributed by atoms with Crippen molar-refractivity contribution in [3.05, 3.63) is 23.4 Å². The Hall–Kier alpha value is -1.71. The Bertz CT molecular complexity index is 928. The van der Waals surface area contributed by atoms with Gasteiger partial charge in [0.05, 0.1) is 24.0 Å². The third-order valence-electron chi connectivity index (χ3n) is 7.00. The van der Waals surface area contributed by atoms with E-state index in [1.54, 1.807) is 24.9 Å². The highest BCUT2D eigenvalue weighted by Crippen LogP contribution is 2.38. The number of nitrogens with zero attached hydrogens (tertiary/aromatic N) is 2. The van der Waals surface area contributed by atoms with Crippen molar-refractivity contribution in [2.45, 2.75) is 88.7 Å². The van der Waals surface area contributed by atoms with E-state index in [4.69, 9.17) is 9.47 Å². The number of amides is 1. The van der Waals surface area contributed by atoms with Crippen molar-refractivity contribution in [2.24, 2.45) is 0 Å². The second-order valence-electron chi connectivity index (χ2n) is 9.62. The van der Waals surface area contributed by atoms with Crippen molar-refractivity contribution < 1.29 is 22.7 Å². The van der Waals surface area contributed by atoms with Crippen LogP contribution in [-0.2, 0) is 19.6 Å². The van der Waals surface area contributed by atoms with E-state index in [1.165, 1.54) is 0 Å². The minimum atomic E-state index is -3.46. The van der Waals surface area contributed by atoms with Gasteiger partial charge in [0, 0.05) is 24.3 Å². The molecule has 0 radical (unpaired) electrons. The number of pyridine rings is 1. The first kappa shape index (κ1) is 23.4. The Morgan fingerprint density at radius 3 is 2.66 bits per heavy atom. The zero-order valence-corrected chi connectivity index (χ0v) is 20.1. The molecule has 8 nitrogen and oxygen atoms in total. The average Bonchev–Trinajstić information content (AvgIpc) is 2.78. The van der Waals surface area contributed by atoms with E-state index in [0.717, 1.165) is 43.2 Å². The van der Waals surface area contributed by atoms with Crippen LogP contribution in [0.15, 0.2) is 12.3 Å². The Morgan fingerprint density at radius 2 is 1.94 bits per heavy atom. The second kappa shape index (κ2) is 9.65. The number of carbonyl (C=O) groups excluding carboxylic acids is 1. The summed E-state index contributed by atoms with van der Waals surface area (Å²) in [4.78, 5) is 19.4. The number of aromatic nitrogens is 1. The van der Waals surface area contributed by atoms with E-state index in [0.29, 0.717) is 31.4 Å². The Labute approximate surface area is 191 Å². The standard InChI is InChI=1S/C23H35N3O5S/c1-15(2)32(28,29)25-20-5-4-10-26-21(20)13-30-18-8-6-17(7-9-18)19-11-16(3)12-24-23(19)31-14-22(26)27/h11-12,15,17-18,20-21,25H,4-10,13-14H2,1-3H3/t17?,18?,20-,21?/m0/s1. The van der Waals surface area contributed by atoms with E-state index >= 15 is 0 Å². The van der Waals surface area contributed by atoms with Crippen LogP contribution in [0.2, 0.25) is 0 Å². The summed E-state index contributed by atoms with van der Waals surface area (Å²) in [5.41, 5.74) is 2.16. The molecule has 4 aliphatic rings. The molecule has 1 amide bonds. The fourth-order valence-electron chi connectivity index (χ4n) is 5.04. The summed E-state index contributed by atoms with van der Waals surface area (Å²) < 4.78 is 40.3. The zero-order valence-electron chi connectivity index (χ0n) is 19.2. The van der Waals surface area contributed by atoms with E-state index in [9.17, 15) is 13.2 Å². The largest absolute Gasteiger partial charge is 0.467 e. The number of fused-ring (bicyclic) bond motifs is 5. The third-order valence-corrected chi connectivity index (χ3v) is 8.87. The number of hydrogen-bond acceptors (Lipinski definition) is 6. The first-order valence-corrected chi connectivity index (χ1v) is 13.3. The lowest BCUT2D eigenvalue weighted by Gasteiger charge is -2.42. The fourth-order valence-corrected chi connectivity index (χ4v) is 6.01. The minimum Gasteiger partial charge on any atom is -0.467 e. The van der Waals surface area contributed by atoms with E-state index in [-0.39, 0.29) is 30.7 Å². The highest BCUT2D eigenvalue weighted by atomic mass is 32.2. The van der Waals surface area contributed by atoms with Crippen LogP contribution >= 0.6 is 0 Å². The van der Waals surface area contributed by atoms with Gasteiger partial charge in [-0.15, -0.1) is 0 Å². The Balaban J connectivity index is 1.61. The van der Waals surface area contributed by atoms with Crippen molar-refractivity contribution in [1.29, 1.82) is 0 Å². The molecule has 1 aliphatic carbocycles. The predicted octanol–water partition coefficient (Wildman–Crippen LogP) is 2.51. The molecule has 32 heavy (non-hydrogen) atoms. The maximum atomic E-state index is 13.2. The van der Waals surface area contributed by atoms with Gasteiger partial charge in [-0.1, -0.05) is 0 Å².